The number of ether oxygens (including phenoxy) is 3. The monoisotopic (exact) mass is 528 g/mol. The Morgan fingerprint density at radius 3 is 2.42 bits per heavy atom. The van der Waals surface area contributed by atoms with Crippen LogP contribution in [0.2, 0.25) is 0 Å². The molecule has 5 rings (SSSR count). The Hall–Kier alpha value is -3.71. The van der Waals surface area contributed by atoms with Crippen LogP contribution in [-0.4, -0.2) is 49.4 Å². The minimum atomic E-state index is 0.0634. The molecule has 0 N–H and O–H groups in total. The molecule has 0 aliphatic heterocycles. The number of fused-ring (bicyclic) bond motifs is 1. The smallest absolute Gasteiger partial charge is 0.227 e. The molecule has 6 nitrogen and oxygen atoms in total. The van der Waals surface area contributed by atoms with Crippen LogP contribution in [0.25, 0.3) is 22.2 Å². The van der Waals surface area contributed by atoms with Crippen molar-refractivity contribution < 1.29 is 19.0 Å². The first-order valence-electron chi connectivity index (χ1n) is 12.7. The molecule has 1 amide bonds. The van der Waals surface area contributed by atoms with Gasteiger partial charge < -0.3 is 19.1 Å². The van der Waals surface area contributed by atoms with Gasteiger partial charge in [-0.3, -0.25) is 4.79 Å². The van der Waals surface area contributed by atoms with Gasteiger partial charge in [-0.05, 0) is 73.2 Å². The topological polar surface area (TPSA) is 60.9 Å². The lowest BCUT2D eigenvalue weighted by molar-refractivity contribution is -0.131. The Morgan fingerprint density at radius 2 is 1.71 bits per heavy atom. The van der Waals surface area contributed by atoms with Crippen LogP contribution < -0.4 is 14.2 Å². The van der Waals surface area contributed by atoms with Gasteiger partial charge in [0.2, 0.25) is 5.91 Å². The van der Waals surface area contributed by atoms with E-state index in [9.17, 15) is 4.79 Å². The van der Waals surface area contributed by atoms with Crippen molar-refractivity contribution >= 4 is 28.6 Å². The summed E-state index contributed by atoms with van der Waals surface area (Å²) in [7, 11) is 4.91. The van der Waals surface area contributed by atoms with Crippen LogP contribution in [0.4, 0.5) is 0 Å². The highest BCUT2D eigenvalue weighted by atomic mass is 32.2. The number of aromatic nitrogens is 1. The van der Waals surface area contributed by atoms with Crippen molar-refractivity contribution in [3.05, 3.63) is 77.9 Å². The van der Waals surface area contributed by atoms with Crippen molar-refractivity contribution in [2.45, 2.75) is 36.7 Å². The fourth-order valence-corrected chi connectivity index (χ4v) is 5.17. The number of thioether (sulfide) groups is 1. The second kappa shape index (κ2) is 11.4. The largest absolute Gasteiger partial charge is 0.497 e. The zero-order valence-corrected chi connectivity index (χ0v) is 23.0. The second-order valence-electron chi connectivity index (χ2n) is 9.39. The first kappa shape index (κ1) is 25.9. The molecule has 1 heterocycles. The van der Waals surface area contributed by atoms with Crippen molar-refractivity contribution in [1.29, 1.82) is 0 Å². The number of amides is 1. The van der Waals surface area contributed by atoms with Crippen LogP contribution in [0.3, 0.4) is 0 Å². The van der Waals surface area contributed by atoms with Crippen LogP contribution in [0, 0.1) is 0 Å². The van der Waals surface area contributed by atoms with Gasteiger partial charge in [-0.2, -0.15) is 0 Å². The maximum absolute atomic E-state index is 13.7. The fourth-order valence-electron chi connectivity index (χ4n) is 4.73. The zero-order chi connectivity index (χ0) is 26.6. The lowest BCUT2D eigenvalue weighted by Crippen LogP contribution is -2.34. The molecule has 1 saturated carbocycles. The van der Waals surface area contributed by atoms with Gasteiger partial charge in [-0.1, -0.05) is 18.2 Å². The molecular weight excluding hydrogens is 496 g/mol. The number of carbonyl (C=O) groups is 1. The van der Waals surface area contributed by atoms with Crippen LogP contribution in [-0.2, 0) is 17.8 Å². The summed E-state index contributed by atoms with van der Waals surface area (Å²) in [5.41, 5.74) is 4.60. The average molecular weight is 529 g/mol. The number of carbonyl (C=O) groups excluding carboxylic acids is 1. The minimum absolute atomic E-state index is 0.0634. The number of rotatable bonds is 10. The summed E-state index contributed by atoms with van der Waals surface area (Å²) < 4.78 is 16.4. The first-order chi connectivity index (χ1) is 18.5. The number of hydrogen-bond acceptors (Lipinski definition) is 6. The number of nitrogens with zero attached hydrogens (tertiary/aromatic N) is 2. The average Bonchev–Trinajstić information content (AvgIpc) is 3.80. The molecule has 0 unspecified atom stereocenters. The molecule has 196 valence electrons. The van der Waals surface area contributed by atoms with Gasteiger partial charge >= 0.3 is 0 Å². The maximum Gasteiger partial charge on any atom is 0.227 e. The third-order valence-corrected chi connectivity index (χ3v) is 7.65. The van der Waals surface area contributed by atoms with Gasteiger partial charge in [0.05, 0.1) is 39.0 Å². The molecule has 0 saturated heterocycles. The van der Waals surface area contributed by atoms with Gasteiger partial charge in [0.15, 0.2) is 0 Å². The van der Waals surface area contributed by atoms with Crippen molar-refractivity contribution in [2.24, 2.45) is 0 Å². The fraction of sp³-hybridized carbons (Fsp3) is 0.290. The highest BCUT2D eigenvalue weighted by Crippen LogP contribution is 2.35. The Bertz CT molecular complexity index is 1470. The van der Waals surface area contributed by atoms with E-state index in [0.29, 0.717) is 18.0 Å². The van der Waals surface area contributed by atoms with Crippen molar-refractivity contribution in [2.75, 3.05) is 27.6 Å². The van der Waals surface area contributed by atoms with E-state index < -0.39 is 0 Å². The van der Waals surface area contributed by atoms with E-state index in [0.717, 1.165) is 56.8 Å². The number of hydrogen-bond donors (Lipinski definition) is 0. The van der Waals surface area contributed by atoms with Gasteiger partial charge in [-0.25, -0.2) is 4.98 Å². The normalized spacial score (nSPS) is 12.8. The molecule has 1 aliphatic carbocycles. The molecule has 7 heteroatoms. The SMILES string of the molecule is COc1cccc(-c2nc3cc(SC)ccc3cc2CN(C(=O)Cc2cc(OC)ccc2OC)C2CC2)c1. The Morgan fingerprint density at radius 1 is 0.921 bits per heavy atom. The van der Waals surface area contributed by atoms with E-state index in [-0.39, 0.29) is 18.4 Å². The number of pyridine rings is 1. The molecule has 0 radical (unpaired) electrons. The lowest BCUT2D eigenvalue weighted by Gasteiger charge is -2.25. The van der Waals surface area contributed by atoms with Crippen LogP contribution >= 0.6 is 11.8 Å². The Balaban J connectivity index is 1.53. The van der Waals surface area contributed by atoms with E-state index in [1.807, 2.05) is 47.4 Å². The van der Waals surface area contributed by atoms with Crippen LogP contribution in [0.1, 0.15) is 24.0 Å². The number of methoxy groups -OCH3 is 3. The molecular formula is C31H32N2O4S. The van der Waals surface area contributed by atoms with Crippen LogP contribution in [0.5, 0.6) is 17.2 Å². The highest BCUT2D eigenvalue weighted by Gasteiger charge is 2.33. The predicted molar refractivity (Wildman–Crippen MR) is 152 cm³/mol. The molecule has 0 atom stereocenters. The number of benzene rings is 3. The summed E-state index contributed by atoms with van der Waals surface area (Å²) in [4.78, 5) is 22.0. The quantitative estimate of drug-likeness (QED) is 0.223. The Kier molecular flexibility index (Phi) is 7.74. The van der Waals surface area contributed by atoms with E-state index in [1.54, 1.807) is 33.1 Å². The highest BCUT2D eigenvalue weighted by molar-refractivity contribution is 7.98. The van der Waals surface area contributed by atoms with Gasteiger partial charge in [0.25, 0.3) is 0 Å². The third-order valence-electron chi connectivity index (χ3n) is 6.92. The van der Waals surface area contributed by atoms with Crippen molar-refractivity contribution in [3.8, 4) is 28.5 Å². The summed E-state index contributed by atoms with van der Waals surface area (Å²) in [6, 6.07) is 22.3. The zero-order valence-electron chi connectivity index (χ0n) is 22.2. The Labute approximate surface area is 227 Å². The van der Waals surface area contributed by atoms with Gasteiger partial charge in [-0.15, -0.1) is 11.8 Å². The molecule has 1 fully saturated rings. The molecule has 4 aromatic rings. The molecule has 3 aromatic carbocycles. The molecule has 0 spiro atoms. The van der Waals surface area contributed by atoms with Crippen molar-refractivity contribution in [3.63, 3.8) is 0 Å². The lowest BCUT2D eigenvalue weighted by atomic mass is 10.0. The third kappa shape index (κ3) is 5.58. The minimum Gasteiger partial charge on any atom is -0.497 e. The van der Waals surface area contributed by atoms with E-state index in [1.165, 1.54) is 0 Å². The second-order valence-corrected chi connectivity index (χ2v) is 10.3. The first-order valence-corrected chi connectivity index (χ1v) is 13.9. The van der Waals surface area contributed by atoms with E-state index in [2.05, 4.69) is 30.5 Å². The van der Waals surface area contributed by atoms with E-state index in [4.69, 9.17) is 19.2 Å². The summed E-state index contributed by atoms with van der Waals surface area (Å²) in [6.07, 6.45) is 4.32. The summed E-state index contributed by atoms with van der Waals surface area (Å²) in [5.74, 6) is 2.22. The molecule has 0 bridgehead atoms. The predicted octanol–water partition coefficient (Wildman–Crippen LogP) is 6.38. The van der Waals surface area contributed by atoms with Gasteiger partial charge in [0.1, 0.15) is 17.2 Å². The van der Waals surface area contributed by atoms with Gasteiger partial charge in [0, 0.05) is 34.0 Å². The standard InChI is InChI=1S/C31H32N2O4S/c1-35-25-7-5-6-21(15-25)31-23(14-20-8-12-27(38-4)18-28(20)32-31)19-33(24-9-10-24)30(34)17-22-16-26(36-2)11-13-29(22)37-3/h5-8,11-16,18,24H,9-10,17,19H2,1-4H3. The summed E-state index contributed by atoms with van der Waals surface area (Å²) in [5, 5.41) is 1.06. The van der Waals surface area contributed by atoms with Crippen molar-refractivity contribution in [1.82, 2.24) is 9.88 Å². The van der Waals surface area contributed by atoms with Crippen LogP contribution in [0.15, 0.2) is 71.6 Å². The van der Waals surface area contributed by atoms with E-state index >= 15 is 0 Å². The molecule has 38 heavy (non-hydrogen) atoms. The summed E-state index contributed by atoms with van der Waals surface area (Å²) in [6.45, 7) is 0.482. The maximum atomic E-state index is 13.7. The molecule has 1 aromatic heterocycles. The summed E-state index contributed by atoms with van der Waals surface area (Å²) >= 11 is 1.70. The molecule has 1 aliphatic rings.